The summed E-state index contributed by atoms with van der Waals surface area (Å²) in [5.74, 6) is 0.631. The Kier molecular flexibility index (Phi) is 4.71. The Morgan fingerprint density at radius 2 is 1.88 bits per heavy atom. The molecule has 0 saturated carbocycles. The van der Waals surface area contributed by atoms with Crippen LogP contribution in [0.1, 0.15) is 18.0 Å². The Morgan fingerprint density at radius 1 is 1.15 bits per heavy atom. The van der Waals surface area contributed by atoms with Crippen molar-refractivity contribution < 1.29 is 0 Å². The van der Waals surface area contributed by atoms with Gasteiger partial charge in [-0.15, -0.1) is 5.10 Å². The van der Waals surface area contributed by atoms with Crippen LogP contribution in [0.15, 0.2) is 63.7 Å². The molecule has 2 aromatic carbocycles. The Bertz CT molecular complexity index is 1180. The van der Waals surface area contributed by atoms with Crippen LogP contribution in [0.5, 0.6) is 0 Å². The van der Waals surface area contributed by atoms with Crippen LogP contribution in [0.2, 0.25) is 0 Å². The Morgan fingerprint density at radius 3 is 2.69 bits per heavy atom. The van der Waals surface area contributed by atoms with Gasteiger partial charge in [-0.1, -0.05) is 53.4 Å². The summed E-state index contributed by atoms with van der Waals surface area (Å²) in [7, 11) is 0. The zero-order chi connectivity index (χ0) is 18.1. The normalized spacial score (nSPS) is 12.3. The van der Waals surface area contributed by atoms with Crippen molar-refractivity contribution in [3.05, 3.63) is 74.7 Å². The summed E-state index contributed by atoms with van der Waals surface area (Å²) in [4.78, 5) is 19.7. The van der Waals surface area contributed by atoms with Gasteiger partial charge in [-0.2, -0.15) is 0 Å². The van der Waals surface area contributed by atoms with Gasteiger partial charge in [0.2, 0.25) is 0 Å². The van der Waals surface area contributed by atoms with Crippen LogP contribution < -0.4 is 5.56 Å². The predicted molar refractivity (Wildman–Crippen MR) is 109 cm³/mol. The molecule has 0 saturated heterocycles. The molecule has 0 bridgehead atoms. The molecule has 0 fully saturated rings. The molecule has 0 aliphatic heterocycles. The van der Waals surface area contributed by atoms with Crippen LogP contribution in [0.25, 0.3) is 16.6 Å². The number of rotatable bonds is 4. The van der Waals surface area contributed by atoms with E-state index in [9.17, 15) is 4.79 Å². The standard InChI is InChI=1S/C18H14N4OS3/c1-11(15-19-14-10-6-5-9-13(14)16(23)20-15)25-17-21-22(18(24)26-17)12-7-3-2-4-8-12/h2-11H,1H3,(H,19,20,23)/t11-/m1/s1. The summed E-state index contributed by atoms with van der Waals surface area (Å²) in [6, 6.07) is 17.1. The van der Waals surface area contributed by atoms with Crippen molar-refractivity contribution >= 4 is 46.2 Å². The van der Waals surface area contributed by atoms with E-state index in [1.165, 1.54) is 23.1 Å². The van der Waals surface area contributed by atoms with E-state index in [1.54, 1.807) is 10.7 Å². The number of aromatic nitrogens is 4. The molecule has 0 aliphatic carbocycles. The zero-order valence-corrected chi connectivity index (χ0v) is 16.2. The maximum absolute atomic E-state index is 12.3. The number of nitrogens with zero attached hydrogens (tertiary/aromatic N) is 3. The van der Waals surface area contributed by atoms with Crippen LogP contribution in [0, 0.1) is 3.95 Å². The summed E-state index contributed by atoms with van der Waals surface area (Å²) in [6.07, 6.45) is 0. The summed E-state index contributed by atoms with van der Waals surface area (Å²) in [6.45, 7) is 2.00. The number of H-pyrrole nitrogens is 1. The molecular weight excluding hydrogens is 384 g/mol. The first kappa shape index (κ1) is 17.1. The van der Waals surface area contributed by atoms with Crippen molar-refractivity contribution in [3.8, 4) is 5.69 Å². The fourth-order valence-electron chi connectivity index (χ4n) is 2.54. The van der Waals surface area contributed by atoms with Gasteiger partial charge in [0.05, 0.1) is 21.8 Å². The molecule has 0 unspecified atom stereocenters. The topological polar surface area (TPSA) is 63.6 Å². The third-order valence-corrected chi connectivity index (χ3v) is 6.25. The third kappa shape index (κ3) is 3.35. The largest absolute Gasteiger partial charge is 0.309 e. The molecule has 0 aliphatic rings. The molecule has 8 heteroatoms. The van der Waals surface area contributed by atoms with E-state index in [-0.39, 0.29) is 10.8 Å². The second-order valence-corrected chi connectivity index (χ2v) is 8.82. The van der Waals surface area contributed by atoms with Crippen molar-refractivity contribution in [2.24, 2.45) is 0 Å². The van der Waals surface area contributed by atoms with Crippen molar-refractivity contribution in [2.75, 3.05) is 0 Å². The third-order valence-electron chi connectivity index (χ3n) is 3.82. The molecule has 2 heterocycles. The van der Waals surface area contributed by atoms with Crippen LogP contribution in [-0.4, -0.2) is 19.7 Å². The van der Waals surface area contributed by atoms with Gasteiger partial charge in [0.1, 0.15) is 5.82 Å². The Hall–Kier alpha value is -2.29. The van der Waals surface area contributed by atoms with Gasteiger partial charge in [0.15, 0.2) is 8.29 Å². The lowest BCUT2D eigenvalue weighted by atomic mass is 10.2. The van der Waals surface area contributed by atoms with Gasteiger partial charge in [-0.05, 0) is 43.4 Å². The molecule has 130 valence electrons. The van der Waals surface area contributed by atoms with E-state index in [2.05, 4.69) is 15.1 Å². The first-order chi connectivity index (χ1) is 12.6. The van der Waals surface area contributed by atoms with E-state index in [4.69, 9.17) is 12.2 Å². The first-order valence-electron chi connectivity index (χ1n) is 7.93. The van der Waals surface area contributed by atoms with E-state index in [0.717, 1.165) is 10.0 Å². The number of nitrogens with one attached hydrogen (secondary N) is 1. The molecule has 0 amide bonds. The van der Waals surface area contributed by atoms with Gasteiger partial charge in [-0.3, -0.25) is 4.79 Å². The molecule has 26 heavy (non-hydrogen) atoms. The predicted octanol–water partition coefficient (Wildman–Crippen LogP) is 4.75. The van der Waals surface area contributed by atoms with Gasteiger partial charge in [0.25, 0.3) is 5.56 Å². The molecule has 1 N–H and O–H groups in total. The number of para-hydroxylation sites is 2. The summed E-state index contributed by atoms with van der Waals surface area (Å²) in [5.41, 5.74) is 1.51. The quantitative estimate of drug-likeness (QED) is 0.397. The molecular formula is C18H14N4OS3. The monoisotopic (exact) mass is 398 g/mol. The number of hydrogen-bond donors (Lipinski definition) is 1. The number of thioether (sulfide) groups is 1. The van der Waals surface area contributed by atoms with E-state index in [1.807, 2.05) is 55.5 Å². The molecule has 5 nitrogen and oxygen atoms in total. The smallest absolute Gasteiger partial charge is 0.258 e. The van der Waals surface area contributed by atoms with E-state index < -0.39 is 0 Å². The highest BCUT2D eigenvalue weighted by Gasteiger charge is 2.15. The number of aromatic amines is 1. The van der Waals surface area contributed by atoms with Crippen LogP contribution >= 0.6 is 35.3 Å². The lowest BCUT2D eigenvalue weighted by molar-refractivity contribution is 0.825. The van der Waals surface area contributed by atoms with Gasteiger partial charge >= 0.3 is 0 Å². The van der Waals surface area contributed by atoms with Gasteiger partial charge < -0.3 is 4.98 Å². The highest BCUT2D eigenvalue weighted by Crippen LogP contribution is 2.35. The first-order valence-corrected chi connectivity index (χ1v) is 10.0. The lowest BCUT2D eigenvalue weighted by Crippen LogP contribution is -2.12. The minimum absolute atomic E-state index is 0.0583. The lowest BCUT2D eigenvalue weighted by Gasteiger charge is -2.09. The van der Waals surface area contributed by atoms with Crippen LogP contribution in [-0.2, 0) is 0 Å². The van der Waals surface area contributed by atoms with Crippen molar-refractivity contribution in [3.63, 3.8) is 0 Å². The highest BCUT2D eigenvalue weighted by atomic mass is 32.2. The molecule has 0 radical (unpaired) electrons. The SMILES string of the molecule is C[C@@H](Sc1nn(-c2ccccc2)c(=S)s1)c1nc2ccccc2c(=O)[nH]1. The van der Waals surface area contributed by atoms with Gasteiger partial charge in [0, 0.05) is 0 Å². The average molecular weight is 399 g/mol. The fourth-order valence-corrected chi connectivity index (χ4v) is 5.11. The Balaban J connectivity index is 1.64. The minimum atomic E-state index is -0.125. The number of fused-ring (bicyclic) bond motifs is 1. The average Bonchev–Trinajstić information content (AvgIpc) is 3.02. The molecule has 0 spiro atoms. The summed E-state index contributed by atoms with van der Waals surface area (Å²) >= 11 is 8.42. The minimum Gasteiger partial charge on any atom is -0.309 e. The molecule has 1 atom stereocenters. The van der Waals surface area contributed by atoms with E-state index in [0.29, 0.717) is 20.7 Å². The van der Waals surface area contributed by atoms with Crippen LogP contribution in [0.3, 0.4) is 0 Å². The Labute approximate surface area is 162 Å². The highest BCUT2D eigenvalue weighted by molar-refractivity contribution is 8.01. The molecule has 2 aromatic heterocycles. The fraction of sp³-hybridized carbons (Fsp3) is 0.111. The zero-order valence-electron chi connectivity index (χ0n) is 13.7. The number of hydrogen-bond acceptors (Lipinski definition) is 6. The van der Waals surface area contributed by atoms with Crippen molar-refractivity contribution in [1.82, 2.24) is 19.7 Å². The number of benzene rings is 2. The summed E-state index contributed by atoms with van der Waals surface area (Å²) < 4.78 is 3.28. The maximum Gasteiger partial charge on any atom is 0.258 e. The summed E-state index contributed by atoms with van der Waals surface area (Å²) in [5, 5.41) is 5.14. The second-order valence-electron chi connectivity index (χ2n) is 5.61. The van der Waals surface area contributed by atoms with Crippen LogP contribution in [0.4, 0.5) is 0 Å². The maximum atomic E-state index is 12.3. The van der Waals surface area contributed by atoms with Crippen molar-refractivity contribution in [2.45, 2.75) is 16.5 Å². The van der Waals surface area contributed by atoms with Gasteiger partial charge in [-0.25, -0.2) is 9.67 Å². The molecule has 4 aromatic rings. The van der Waals surface area contributed by atoms with Crippen molar-refractivity contribution in [1.29, 1.82) is 0 Å². The van der Waals surface area contributed by atoms with E-state index >= 15 is 0 Å². The second kappa shape index (κ2) is 7.14. The molecule has 4 rings (SSSR count).